The van der Waals surface area contributed by atoms with Gasteiger partial charge in [0.2, 0.25) is 0 Å². The summed E-state index contributed by atoms with van der Waals surface area (Å²) in [7, 11) is -15.0. The van der Waals surface area contributed by atoms with Gasteiger partial charge in [0, 0.05) is 23.2 Å². The zero-order chi connectivity index (χ0) is 19.9. The van der Waals surface area contributed by atoms with Gasteiger partial charge in [0.25, 0.3) is 0 Å². The molecule has 0 aromatic heterocycles. The summed E-state index contributed by atoms with van der Waals surface area (Å²) in [5.74, 6) is -1.92. The summed E-state index contributed by atoms with van der Waals surface area (Å²) in [6.07, 6.45) is 0. The quantitative estimate of drug-likeness (QED) is 0.349. The van der Waals surface area contributed by atoms with Crippen molar-refractivity contribution in [3.05, 3.63) is 24.3 Å². The highest BCUT2D eigenvalue weighted by Gasteiger charge is 2.19. The Hall–Kier alpha value is -2.37. The Labute approximate surface area is 146 Å². The van der Waals surface area contributed by atoms with Crippen LogP contribution in [0.1, 0.15) is 0 Å². The molecule has 0 radical (unpaired) electrons. The van der Waals surface area contributed by atoms with Crippen LogP contribution >= 0.6 is 0 Å². The molecular weight excluding hydrogens is 422 g/mol. The molecule has 0 amide bonds. The van der Waals surface area contributed by atoms with Gasteiger partial charge in [-0.1, -0.05) is 0 Å². The molecule has 0 saturated heterocycles. The molecule has 26 heavy (non-hydrogen) atoms. The Bertz CT molecular complexity index is 1180. The molecule has 0 unspecified atom stereocenters. The van der Waals surface area contributed by atoms with Gasteiger partial charge in [-0.25, -0.2) is 0 Å². The van der Waals surface area contributed by atoms with E-state index in [1.165, 1.54) is 0 Å². The number of anilines is 1. The first kappa shape index (κ1) is 19.9. The fourth-order valence-corrected chi connectivity index (χ4v) is 3.01. The molecule has 2 rings (SSSR count). The second-order valence-electron chi connectivity index (χ2n) is 4.57. The summed E-state index contributed by atoms with van der Waals surface area (Å²) in [5.41, 5.74) is 5.32. The molecule has 0 aliphatic rings. The van der Waals surface area contributed by atoms with Crippen LogP contribution in [0.2, 0.25) is 0 Å². The van der Waals surface area contributed by atoms with E-state index in [2.05, 4.69) is 12.5 Å². The van der Waals surface area contributed by atoms with E-state index in [1.807, 2.05) is 0 Å². The SMILES string of the molecule is Nc1cc(OS(=O)(=O)O)cc2cc(OS(=O)(=O)O)cc(OS(=O)(=O)O)c12. The minimum absolute atomic E-state index is 0.191. The highest BCUT2D eigenvalue weighted by atomic mass is 32.3. The third kappa shape index (κ3) is 5.58. The average Bonchev–Trinajstić information content (AvgIpc) is 2.30. The summed E-state index contributed by atoms with van der Waals surface area (Å²) < 4.78 is 104. The van der Waals surface area contributed by atoms with E-state index in [9.17, 15) is 25.3 Å². The van der Waals surface area contributed by atoms with Crippen LogP contribution in [0.4, 0.5) is 5.69 Å². The van der Waals surface area contributed by atoms with Crippen molar-refractivity contribution < 1.29 is 51.5 Å². The molecule has 0 atom stereocenters. The molecule has 5 N–H and O–H groups in total. The van der Waals surface area contributed by atoms with E-state index >= 15 is 0 Å². The molecule has 0 spiro atoms. The minimum Gasteiger partial charge on any atom is -0.398 e. The maximum Gasteiger partial charge on any atom is 0.446 e. The summed E-state index contributed by atoms with van der Waals surface area (Å²) >= 11 is 0. The lowest BCUT2D eigenvalue weighted by molar-refractivity contribution is 0.382. The highest BCUT2D eigenvalue weighted by molar-refractivity contribution is 7.81. The summed E-state index contributed by atoms with van der Waals surface area (Å²) in [4.78, 5) is 0. The van der Waals surface area contributed by atoms with E-state index in [-0.39, 0.29) is 16.5 Å². The van der Waals surface area contributed by atoms with Crippen LogP contribution in [0.25, 0.3) is 10.8 Å². The normalized spacial score (nSPS) is 12.7. The van der Waals surface area contributed by atoms with Crippen molar-refractivity contribution in [1.29, 1.82) is 0 Å². The standard InChI is InChI=1S/C10H9NO12S3/c11-8-3-6(21-24(12,13)14)1-5-2-7(22-25(15,16)17)4-9(10(5)8)23-26(18,19)20/h1-4H,11H2,(H,12,13,14)(H,15,16,17)(H,18,19,20). The second-order valence-corrected chi connectivity index (χ2v) is 7.63. The number of fused-ring (bicyclic) bond motifs is 1. The monoisotopic (exact) mass is 431 g/mol. The van der Waals surface area contributed by atoms with Gasteiger partial charge in [0.05, 0.1) is 0 Å². The molecule has 0 aliphatic heterocycles. The third-order valence-electron chi connectivity index (χ3n) is 2.59. The number of nitrogen functional groups attached to an aromatic ring is 1. The van der Waals surface area contributed by atoms with E-state index in [0.717, 1.165) is 18.2 Å². The van der Waals surface area contributed by atoms with E-state index in [1.54, 1.807) is 0 Å². The highest BCUT2D eigenvalue weighted by Crippen LogP contribution is 2.39. The van der Waals surface area contributed by atoms with Crippen molar-refractivity contribution in [2.75, 3.05) is 5.73 Å². The van der Waals surface area contributed by atoms with Crippen LogP contribution in [-0.4, -0.2) is 38.9 Å². The molecule has 0 saturated carbocycles. The number of hydrogen-bond donors (Lipinski definition) is 4. The minimum atomic E-state index is -5.07. The fourth-order valence-electron chi connectivity index (χ4n) is 1.97. The third-order valence-corrected chi connectivity index (χ3v) is 3.78. The molecule has 2 aromatic carbocycles. The topological polar surface area (TPSA) is 217 Å². The van der Waals surface area contributed by atoms with E-state index < -0.39 is 48.4 Å². The first-order chi connectivity index (χ1) is 11.6. The lowest BCUT2D eigenvalue weighted by Crippen LogP contribution is -2.10. The fraction of sp³-hybridized carbons (Fsp3) is 0. The molecule has 0 fully saturated rings. The van der Waals surface area contributed by atoms with Gasteiger partial charge in [0.1, 0.15) is 11.5 Å². The summed E-state index contributed by atoms with van der Waals surface area (Å²) in [6, 6.07) is 3.33. The smallest absolute Gasteiger partial charge is 0.398 e. The first-order valence-electron chi connectivity index (χ1n) is 6.01. The van der Waals surface area contributed by atoms with Gasteiger partial charge in [-0.05, 0) is 17.5 Å². The molecule has 0 bridgehead atoms. The second kappa shape index (κ2) is 6.41. The van der Waals surface area contributed by atoms with Crippen LogP contribution in [0.5, 0.6) is 17.2 Å². The molecule has 16 heteroatoms. The first-order valence-corrected chi connectivity index (χ1v) is 10.1. The Morgan fingerprint density at radius 3 is 1.54 bits per heavy atom. The van der Waals surface area contributed by atoms with Crippen molar-refractivity contribution >= 4 is 47.7 Å². The molecule has 0 heterocycles. The van der Waals surface area contributed by atoms with Crippen molar-refractivity contribution in [3.8, 4) is 17.2 Å². The van der Waals surface area contributed by atoms with Crippen LogP contribution in [0.15, 0.2) is 24.3 Å². The lowest BCUT2D eigenvalue weighted by Gasteiger charge is -2.12. The van der Waals surface area contributed by atoms with Crippen LogP contribution in [-0.2, 0) is 31.2 Å². The van der Waals surface area contributed by atoms with Crippen molar-refractivity contribution in [1.82, 2.24) is 0 Å². The Morgan fingerprint density at radius 2 is 1.12 bits per heavy atom. The number of hydrogen-bond acceptors (Lipinski definition) is 10. The maximum absolute atomic E-state index is 11.0. The average molecular weight is 431 g/mol. The van der Waals surface area contributed by atoms with Gasteiger partial charge < -0.3 is 18.3 Å². The Balaban J connectivity index is 2.77. The largest absolute Gasteiger partial charge is 0.446 e. The van der Waals surface area contributed by atoms with Crippen LogP contribution < -0.4 is 18.3 Å². The van der Waals surface area contributed by atoms with Crippen LogP contribution in [0.3, 0.4) is 0 Å². The maximum atomic E-state index is 11.0. The lowest BCUT2D eigenvalue weighted by atomic mass is 10.1. The summed E-state index contributed by atoms with van der Waals surface area (Å²) in [5, 5.41) is -0.406. The van der Waals surface area contributed by atoms with E-state index in [0.29, 0.717) is 6.07 Å². The molecule has 144 valence electrons. The number of rotatable bonds is 6. The number of benzene rings is 2. The van der Waals surface area contributed by atoms with Crippen molar-refractivity contribution in [3.63, 3.8) is 0 Å². The van der Waals surface area contributed by atoms with Gasteiger partial charge in [-0.2, -0.15) is 25.3 Å². The Morgan fingerprint density at radius 1 is 0.692 bits per heavy atom. The van der Waals surface area contributed by atoms with Gasteiger partial charge in [0.15, 0.2) is 5.75 Å². The molecular formula is C10H9NO12S3. The van der Waals surface area contributed by atoms with Gasteiger partial charge >= 0.3 is 31.2 Å². The summed E-state index contributed by atoms with van der Waals surface area (Å²) in [6.45, 7) is 0. The molecule has 13 nitrogen and oxygen atoms in total. The zero-order valence-electron chi connectivity index (χ0n) is 12.1. The Kier molecular flexibility index (Phi) is 4.92. The van der Waals surface area contributed by atoms with Crippen molar-refractivity contribution in [2.45, 2.75) is 0 Å². The molecule has 0 aliphatic carbocycles. The van der Waals surface area contributed by atoms with Gasteiger partial charge in [-0.3, -0.25) is 13.7 Å². The molecule has 2 aromatic rings. The van der Waals surface area contributed by atoms with E-state index in [4.69, 9.17) is 19.4 Å². The zero-order valence-corrected chi connectivity index (χ0v) is 14.6. The van der Waals surface area contributed by atoms with Crippen LogP contribution in [0, 0.1) is 0 Å². The van der Waals surface area contributed by atoms with Crippen molar-refractivity contribution in [2.24, 2.45) is 0 Å². The predicted octanol–water partition coefficient (Wildman–Crippen LogP) is -0.0332. The van der Waals surface area contributed by atoms with Gasteiger partial charge in [-0.15, -0.1) is 0 Å². The number of nitrogens with two attached hydrogens (primary N) is 1. The predicted molar refractivity (Wildman–Crippen MR) is 84.9 cm³/mol.